The Morgan fingerprint density at radius 1 is 1.06 bits per heavy atom. The van der Waals surface area contributed by atoms with Gasteiger partial charge in [-0.05, 0) is 39.7 Å². The van der Waals surface area contributed by atoms with Crippen molar-refractivity contribution in [2.24, 2.45) is 0 Å². The van der Waals surface area contributed by atoms with Gasteiger partial charge >= 0.3 is 0 Å². The second-order valence-corrected chi connectivity index (χ2v) is 7.41. The van der Waals surface area contributed by atoms with E-state index in [2.05, 4.69) is 59.7 Å². The largest absolute Gasteiger partial charge is 0.502 e. The van der Waals surface area contributed by atoms with E-state index in [-0.39, 0.29) is 15.9 Å². The summed E-state index contributed by atoms with van der Waals surface area (Å²) in [6.07, 6.45) is 0.465. The highest BCUT2D eigenvalue weighted by atomic mass is 32.1. The van der Waals surface area contributed by atoms with Crippen LogP contribution in [0.4, 0.5) is 0 Å². The van der Waals surface area contributed by atoms with Gasteiger partial charge in [0.15, 0.2) is 5.05 Å². The molecule has 100 valence electrons. The van der Waals surface area contributed by atoms with Gasteiger partial charge in [0, 0.05) is 6.42 Å². The normalized spacial score (nSPS) is 12.6. The van der Waals surface area contributed by atoms with Crippen molar-refractivity contribution in [2.75, 3.05) is 0 Å². The Labute approximate surface area is 116 Å². The van der Waals surface area contributed by atoms with E-state index >= 15 is 0 Å². The molecule has 1 aromatic rings. The fraction of sp³-hybridized carbons (Fsp3) is 0.562. The summed E-state index contributed by atoms with van der Waals surface area (Å²) in [7, 11) is 0. The Morgan fingerprint density at radius 2 is 1.61 bits per heavy atom. The van der Waals surface area contributed by atoms with E-state index in [0.29, 0.717) is 6.42 Å². The minimum Gasteiger partial charge on any atom is -0.502 e. The van der Waals surface area contributed by atoms with Crippen LogP contribution in [0, 0.1) is 0 Å². The van der Waals surface area contributed by atoms with Gasteiger partial charge in [0.2, 0.25) is 0 Å². The van der Waals surface area contributed by atoms with E-state index in [9.17, 15) is 5.11 Å². The Balaban J connectivity index is 3.34. The van der Waals surface area contributed by atoms with Crippen LogP contribution < -0.4 is 0 Å². The maximum atomic E-state index is 9.36. The van der Waals surface area contributed by atoms with Crippen LogP contribution in [0.1, 0.15) is 58.2 Å². The topological polar surface area (TPSA) is 20.2 Å². The summed E-state index contributed by atoms with van der Waals surface area (Å²) < 4.78 is 0. The molecule has 0 amide bonds. The third-order valence-electron chi connectivity index (χ3n) is 3.13. The molecule has 18 heavy (non-hydrogen) atoms. The minimum absolute atomic E-state index is 0.0569. The minimum atomic E-state index is 0.0569. The zero-order chi connectivity index (χ0) is 14.1. The van der Waals surface area contributed by atoms with Crippen LogP contribution in [0.25, 0.3) is 0 Å². The fourth-order valence-electron chi connectivity index (χ4n) is 2.06. The summed E-state index contributed by atoms with van der Waals surface area (Å²) in [5.74, 6) is 0. The van der Waals surface area contributed by atoms with Crippen LogP contribution in [-0.4, -0.2) is 10.2 Å². The molecule has 0 atom stereocenters. The molecule has 0 heterocycles. The second kappa shape index (κ2) is 5.00. The first-order valence-electron chi connectivity index (χ1n) is 6.37. The third-order valence-corrected chi connectivity index (χ3v) is 3.27. The molecule has 0 fully saturated rings. The van der Waals surface area contributed by atoms with E-state index in [0.717, 1.165) is 5.56 Å². The van der Waals surface area contributed by atoms with Gasteiger partial charge in [0.05, 0.1) is 0 Å². The summed E-state index contributed by atoms with van der Waals surface area (Å²) in [5, 5.41) is 9.42. The lowest BCUT2D eigenvalue weighted by atomic mass is 9.78. The number of thiocarbonyl (C=S) groups is 1. The molecule has 1 rings (SSSR count). The van der Waals surface area contributed by atoms with Crippen molar-refractivity contribution in [2.45, 2.75) is 58.8 Å². The first-order valence-corrected chi connectivity index (χ1v) is 6.78. The summed E-state index contributed by atoms with van der Waals surface area (Å²) in [6.45, 7) is 13.2. The number of aliphatic hydroxyl groups is 1. The SMILES string of the molecule is CC(C)(C)c1ccc(CC(O)=S)c(C(C)(C)C)c1. The predicted molar refractivity (Wildman–Crippen MR) is 82.8 cm³/mol. The van der Waals surface area contributed by atoms with Crippen molar-refractivity contribution >= 4 is 17.3 Å². The van der Waals surface area contributed by atoms with Crippen molar-refractivity contribution < 1.29 is 5.11 Å². The molecule has 1 N–H and O–H groups in total. The monoisotopic (exact) mass is 264 g/mol. The first-order chi connectivity index (χ1) is 8.01. The molecular weight excluding hydrogens is 240 g/mol. The standard InChI is InChI=1S/C16H24OS/c1-15(2,3)12-8-7-11(9-14(17)18)13(10-12)16(4,5)6/h7-8,10H,9H2,1-6H3,(H,17,18). The Bertz CT molecular complexity index is 447. The maximum absolute atomic E-state index is 9.36. The fourth-order valence-corrected chi connectivity index (χ4v) is 2.21. The molecule has 0 radical (unpaired) electrons. The van der Waals surface area contributed by atoms with Crippen molar-refractivity contribution in [3.05, 3.63) is 34.9 Å². The molecule has 1 aromatic carbocycles. The van der Waals surface area contributed by atoms with Crippen molar-refractivity contribution in [1.29, 1.82) is 0 Å². The molecule has 0 saturated carbocycles. The van der Waals surface area contributed by atoms with Crippen LogP contribution in [0.15, 0.2) is 18.2 Å². The lowest BCUT2D eigenvalue weighted by Crippen LogP contribution is -2.19. The van der Waals surface area contributed by atoms with Gasteiger partial charge in [-0.2, -0.15) is 0 Å². The van der Waals surface area contributed by atoms with E-state index in [4.69, 9.17) is 12.2 Å². The van der Waals surface area contributed by atoms with Crippen molar-refractivity contribution in [1.82, 2.24) is 0 Å². The van der Waals surface area contributed by atoms with E-state index < -0.39 is 0 Å². The molecular formula is C16H24OS. The lowest BCUT2D eigenvalue weighted by Gasteiger charge is -2.27. The molecule has 0 spiro atoms. The summed E-state index contributed by atoms with van der Waals surface area (Å²) >= 11 is 4.82. The van der Waals surface area contributed by atoms with Crippen LogP contribution in [-0.2, 0) is 17.3 Å². The maximum Gasteiger partial charge on any atom is 0.160 e. The Kier molecular flexibility index (Phi) is 4.22. The first kappa shape index (κ1) is 15.2. The second-order valence-electron chi connectivity index (χ2n) is 6.94. The molecule has 0 aliphatic heterocycles. The van der Waals surface area contributed by atoms with Crippen molar-refractivity contribution in [3.8, 4) is 0 Å². The van der Waals surface area contributed by atoms with Gasteiger partial charge in [-0.1, -0.05) is 59.7 Å². The van der Waals surface area contributed by atoms with E-state index in [1.807, 2.05) is 0 Å². The summed E-state index contributed by atoms with van der Waals surface area (Å²) in [6, 6.07) is 6.50. The summed E-state index contributed by atoms with van der Waals surface area (Å²) in [5.41, 5.74) is 3.91. The highest BCUT2D eigenvalue weighted by molar-refractivity contribution is 7.80. The molecule has 0 bridgehead atoms. The molecule has 0 aliphatic rings. The number of hydrogen-bond donors (Lipinski definition) is 1. The third kappa shape index (κ3) is 3.81. The van der Waals surface area contributed by atoms with Gasteiger partial charge in [0.1, 0.15) is 0 Å². The van der Waals surface area contributed by atoms with Gasteiger partial charge in [-0.15, -0.1) is 0 Å². The number of aliphatic hydroxyl groups excluding tert-OH is 1. The van der Waals surface area contributed by atoms with Gasteiger partial charge in [0.25, 0.3) is 0 Å². The van der Waals surface area contributed by atoms with Crippen LogP contribution >= 0.6 is 12.2 Å². The molecule has 2 heteroatoms. The van der Waals surface area contributed by atoms with Crippen LogP contribution in [0.3, 0.4) is 0 Å². The zero-order valence-corrected chi connectivity index (χ0v) is 13.1. The molecule has 0 saturated heterocycles. The molecule has 0 aromatic heterocycles. The highest BCUT2D eigenvalue weighted by Gasteiger charge is 2.22. The average molecular weight is 264 g/mol. The van der Waals surface area contributed by atoms with Crippen molar-refractivity contribution in [3.63, 3.8) is 0 Å². The van der Waals surface area contributed by atoms with Gasteiger partial charge in [-0.25, -0.2) is 0 Å². The average Bonchev–Trinajstić information content (AvgIpc) is 2.13. The Hall–Kier alpha value is -0.890. The van der Waals surface area contributed by atoms with Gasteiger partial charge in [-0.3, -0.25) is 0 Å². The number of rotatable bonds is 2. The van der Waals surface area contributed by atoms with Crippen LogP contribution in [0.5, 0.6) is 0 Å². The van der Waals surface area contributed by atoms with Gasteiger partial charge < -0.3 is 5.11 Å². The molecule has 0 aliphatic carbocycles. The zero-order valence-electron chi connectivity index (χ0n) is 12.3. The Morgan fingerprint density at radius 3 is 2.00 bits per heavy atom. The quantitative estimate of drug-likeness (QED) is 0.781. The summed E-state index contributed by atoms with van der Waals surface area (Å²) in [4.78, 5) is 0. The molecule has 0 unspecified atom stereocenters. The highest BCUT2D eigenvalue weighted by Crippen LogP contribution is 2.31. The van der Waals surface area contributed by atoms with Crippen LogP contribution in [0.2, 0.25) is 0 Å². The van der Waals surface area contributed by atoms with E-state index in [1.165, 1.54) is 11.1 Å². The number of hydrogen-bond acceptors (Lipinski definition) is 1. The lowest BCUT2D eigenvalue weighted by molar-refractivity contribution is 0.547. The molecule has 1 nitrogen and oxygen atoms in total. The number of benzene rings is 1. The van der Waals surface area contributed by atoms with E-state index in [1.54, 1.807) is 0 Å². The smallest absolute Gasteiger partial charge is 0.160 e. The predicted octanol–water partition coefficient (Wildman–Crippen LogP) is 4.71.